The van der Waals surface area contributed by atoms with E-state index in [-0.39, 0.29) is 23.4 Å². The number of ether oxygens (including phenoxy) is 1. The minimum absolute atomic E-state index is 0.0184. The van der Waals surface area contributed by atoms with Crippen LogP contribution in [0.3, 0.4) is 0 Å². The first-order valence-corrected chi connectivity index (χ1v) is 10.6. The first-order chi connectivity index (χ1) is 13.0. The van der Waals surface area contributed by atoms with Crippen LogP contribution in [-0.2, 0) is 10.5 Å². The summed E-state index contributed by atoms with van der Waals surface area (Å²) in [5.74, 6) is 1.71. The molecule has 0 fully saturated rings. The zero-order chi connectivity index (χ0) is 19.3. The summed E-state index contributed by atoms with van der Waals surface area (Å²) < 4.78 is 19.2. The SMILES string of the molecule is CCC1(CC)C[C@H](NC(=O)CSCc2ccc(F)cc2)c2ccccc2O1. The van der Waals surface area contributed by atoms with Crippen LogP contribution >= 0.6 is 11.8 Å². The largest absolute Gasteiger partial charge is 0.487 e. The molecule has 2 aromatic rings. The lowest BCUT2D eigenvalue weighted by atomic mass is 9.83. The molecule has 1 amide bonds. The van der Waals surface area contributed by atoms with Gasteiger partial charge in [-0.2, -0.15) is 0 Å². The minimum Gasteiger partial charge on any atom is -0.487 e. The van der Waals surface area contributed by atoms with Gasteiger partial charge in [-0.15, -0.1) is 11.8 Å². The Morgan fingerprint density at radius 3 is 2.59 bits per heavy atom. The first kappa shape index (κ1) is 19.7. The van der Waals surface area contributed by atoms with E-state index in [0.717, 1.165) is 36.1 Å². The molecule has 27 heavy (non-hydrogen) atoms. The number of halogens is 1. The van der Waals surface area contributed by atoms with Gasteiger partial charge in [-0.05, 0) is 36.6 Å². The Bertz CT molecular complexity index is 774. The van der Waals surface area contributed by atoms with E-state index in [9.17, 15) is 9.18 Å². The predicted molar refractivity (Wildman–Crippen MR) is 108 cm³/mol. The van der Waals surface area contributed by atoms with Gasteiger partial charge in [0, 0.05) is 17.7 Å². The lowest BCUT2D eigenvalue weighted by Crippen LogP contribution is -2.44. The third kappa shape index (κ3) is 4.83. The molecule has 5 heteroatoms. The van der Waals surface area contributed by atoms with Crippen molar-refractivity contribution in [3.63, 3.8) is 0 Å². The van der Waals surface area contributed by atoms with Crippen LogP contribution < -0.4 is 10.1 Å². The van der Waals surface area contributed by atoms with Crippen LogP contribution in [0.1, 0.15) is 50.3 Å². The number of carbonyl (C=O) groups is 1. The highest BCUT2D eigenvalue weighted by atomic mass is 32.2. The zero-order valence-corrected chi connectivity index (χ0v) is 16.7. The van der Waals surface area contributed by atoms with Crippen molar-refractivity contribution < 1.29 is 13.9 Å². The van der Waals surface area contributed by atoms with Gasteiger partial charge in [-0.25, -0.2) is 4.39 Å². The number of nitrogens with one attached hydrogen (secondary N) is 1. The molecule has 0 spiro atoms. The molecule has 1 heterocycles. The number of fused-ring (bicyclic) bond motifs is 1. The Kier molecular flexibility index (Phi) is 6.42. The lowest BCUT2D eigenvalue weighted by molar-refractivity contribution is -0.120. The van der Waals surface area contributed by atoms with Crippen molar-refractivity contribution >= 4 is 17.7 Å². The highest BCUT2D eigenvalue weighted by Gasteiger charge is 2.38. The van der Waals surface area contributed by atoms with Gasteiger partial charge in [0.2, 0.25) is 5.91 Å². The van der Waals surface area contributed by atoms with Gasteiger partial charge in [0.25, 0.3) is 0 Å². The highest BCUT2D eigenvalue weighted by molar-refractivity contribution is 7.99. The Labute approximate surface area is 164 Å². The van der Waals surface area contributed by atoms with Crippen LogP contribution in [0, 0.1) is 5.82 Å². The number of rotatable bonds is 7. The number of carbonyl (C=O) groups excluding carboxylic acids is 1. The third-order valence-corrected chi connectivity index (χ3v) is 6.24. The highest BCUT2D eigenvalue weighted by Crippen LogP contribution is 2.42. The zero-order valence-electron chi connectivity index (χ0n) is 15.8. The molecule has 1 N–H and O–H groups in total. The normalized spacial score (nSPS) is 17.7. The number of hydrogen-bond acceptors (Lipinski definition) is 3. The number of hydrogen-bond donors (Lipinski definition) is 1. The molecular formula is C22H26FNO2S. The van der Waals surface area contributed by atoms with E-state index < -0.39 is 0 Å². The second kappa shape index (κ2) is 8.79. The molecule has 0 unspecified atom stereocenters. The fourth-order valence-electron chi connectivity index (χ4n) is 3.51. The molecule has 0 aliphatic carbocycles. The average Bonchev–Trinajstić information content (AvgIpc) is 2.69. The second-order valence-electron chi connectivity index (χ2n) is 6.97. The van der Waals surface area contributed by atoms with E-state index in [1.807, 2.05) is 24.3 Å². The minimum atomic E-state index is -0.241. The van der Waals surface area contributed by atoms with Gasteiger partial charge in [-0.3, -0.25) is 4.79 Å². The molecule has 2 aromatic carbocycles. The standard InChI is InChI=1S/C22H26FNO2S/c1-3-22(4-2)13-19(18-7-5-6-8-20(18)26-22)24-21(25)15-27-14-16-9-11-17(23)12-10-16/h5-12,19H,3-4,13-15H2,1-2H3,(H,24,25)/t19-/m0/s1. The molecule has 0 radical (unpaired) electrons. The smallest absolute Gasteiger partial charge is 0.230 e. The van der Waals surface area contributed by atoms with Gasteiger partial charge in [0.1, 0.15) is 17.2 Å². The summed E-state index contributed by atoms with van der Waals surface area (Å²) >= 11 is 1.54. The van der Waals surface area contributed by atoms with Crippen molar-refractivity contribution in [2.45, 2.75) is 50.5 Å². The Morgan fingerprint density at radius 2 is 1.89 bits per heavy atom. The van der Waals surface area contributed by atoms with E-state index in [4.69, 9.17) is 4.74 Å². The van der Waals surface area contributed by atoms with Gasteiger partial charge in [-0.1, -0.05) is 44.2 Å². The van der Waals surface area contributed by atoms with Crippen LogP contribution in [-0.4, -0.2) is 17.3 Å². The summed E-state index contributed by atoms with van der Waals surface area (Å²) in [7, 11) is 0. The maximum Gasteiger partial charge on any atom is 0.230 e. The summed E-state index contributed by atoms with van der Waals surface area (Å²) in [6, 6.07) is 14.3. The van der Waals surface area contributed by atoms with Crippen LogP contribution in [0.15, 0.2) is 48.5 Å². The number of para-hydroxylation sites is 1. The van der Waals surface area contributed by atoms with Gasteiger partial charge in [0.15, 0.2) is 0 Å². The Morgan fingerprint density at radius 1 is 1.19 bits per heavy atom. The van der Waals surface area contributed by atoms with E-state index in [1.165, 1.54) is 23.9 Å². The fourth-order valence-corrected chi connectivity index (χ4v) is 4.31. The molecule has 3 nitrogen and oxygen atoms in total. The fraction of sp³-hybridized carbons (Fsp3) is 0.409. The summed E-state index contributed by atoms with van der Waals surface area (Å²) in [6.07, 6.45) is 2.60. The van der Waals surface area contributed by atoms with Gasteiger partial charge in [0.05, 0.1) is 11.8 Å². The molecular weight excluding hydrogens is 361 g/mol. The number of thioether (sulfide) groups is 1. The van der Waals surface area contributed by atoms with E-state index in [1.54, 1.807) is 12.1 Å². The van der Waals surface area contributed by atoms with Crippen LogP contribution in [0.2, 0.25) is 0 Å². The van der Waals surface area contributed by atoms with Crippen molar-refractivity contribution in [3.05, 3.63) is 65.5 Å². The van der Waals surface area contributed by atoms with Crippen LogP contribution in [0.4, 0.5) is 4.39 Å². The van der Waals surface area contributed by atoms with Gasteiger partial charge >= 0.3 is 0 Å². The quantitative estimate of drug-likeness (QED) is 0.704. The summed E-state index contributed by atoms with van der Waals surface area (Å²) in [6.45, 7) is 4.27. The molecule has 0 aromatic heterocycles. The number of amides is 1. The molecule has 3 rings (SSSR count). The van der Waals surface area contributed by atoms with Crippen molar-refractivity contribution in [2.75, 3.05) is 5.75 Å². The summed E-state index contributed by atoms with van der Waals surface area (Å²) in [5, 5.41) is 3.19. The number of benzene rings is 2. The molecule has 0 saturated heterocycles. The molecule has 144 valence electrons. The van der Waals surface area contributed by atoms with Crippen LogP contribution in [0.25, 0.3) is 0 Å². The topological polar surface area (TPSA) is 38.3 Å². The Balaban J connectivity index is 1.61. The third-order valence-electron chi connectivity index (χ3n) is 5.24. The maximum absolute atomic E-state index is 13.0. The second-order valence-corrected chi connectivity index (χ2v) is 7.96. The monoisotopic (exact) mass is 387 g/mol. The summed E-state index contributed by atoms with van der Waals surface area (Å²) in [5.41, 5.74) is 1.83. The lowest BCUT2D eigenvalue weighted by Gasteiger charge is -2.41. The summed E-state index contributed by atoms with van der Waals surface area (Å²) in [4.78, 5) is 12.5. The Hall–Kier alpha value is -2.01. The predicted octanol–water partition coefficient (Wildman–Crippen LogP) is 5.26. The molecule has 1 aliphatic heterocycles. The van der Waals surface area contributed by atoms with E-state index in [2.05, 4.69) is 19.2 Å². The van der Waals surface area contributed by atoms with Crippen molar-refractivity contribution in [1.82, 2.24) is 5.32 Å². The average molecular weight is 388 g/mol. The van der Waals surface area contributed by atoms with Crippen molar-refractivity contribution in [3.8, 4) is 5.75 Å². The maximum atomic E-state index is 13.0. The van der Waals surface area contributed by atoms with Crippen molar-refractivity contribution in [1.29, 1.82) is 0 Å². The molecule has 1 aliphatic rings. The molecule has 1 atom stereocenters. The molecule has 0 bridgehead atoms. The van der Waals surface area contributed by atoms with Crippen LogP contribution in [0.5, 0.6) is 5.75 Å². The molecule has 0 saturated carbocycles. The van der Waals surface area contributed by atoms with E-state index in [0.29, 0.717) is 11.5 Å². The van der Waals surface area contributed by atoms with Gasteiger partial charge < -0.3 is 10.1 Å². The van der Waals surface area contributed by atoms with Crippen molar-refractivity contribution in [2.24, 2.45) is 0 Å². The van der Waals surface area contributed by atoms with E-state index >= 15 is 0 Å². The first-order valence-electron chi connectivity index (χ1n) is 9.45.